The number of benzene rings is 2. The van der Waals surface area contributed by atoms with Crippen molar-refractivity contribution in [2.24, 2.45) is 5.73 Å². The summed E-state index contributed by atoms with van der Waals surface area (Å²) in [6.45, 7) is 0. The molecule has 0 amide bonds. The molecule has 1 aromatic heterocycles. The molecule has 2 aromatic carbocycles. The zero-order valence-electron chi connectivity index (χ0n) is 11.2. The van der Waals surface area contributed by atoms with Gasteiger partial charge >= 0.3 is 0 Å². The number of rotatable bonds is 3. The minimum Gasteiger partial charge on any atom is -0.322 e. The predicted octanol–water partition coefficient (Wildman–Crippen LogP) is 3.83. The molecule has 0 radical (unpaired) electrons. The van der Waals surface area contributed by atoms with Gasteiger partial charge in [-0.3, -0.25) is 0 Å². The van der Waals surface area contributed by atoms with Crippen molar-refractivity contribution in [2.45, 2.75) is 12.5 Å². The molecule has 1 atom stereocenters. The van der Waals surface area contributed by atoms with E-state index in [0.29, 0.717) is 12.0 Å². The Bertz CT molecular complexity index is 758. The molecule has 3 aromatic rings. The van der Waals surface area contributed by atoms with E-state index >= 15 is 0 Å². The Kier molecular flexibility index (Phi) is 4.92. The van der Waals surface area contributed by atoms with Crippen molar-refractivity contribution in [3.63, 3.8) is 0 Å². The van der Waals surface area contributed by atoms with Crippen LogP contribution in [0.4, 0.5) is 0 Å². The summed E-state index contributed by atoms with van der Waals surface area (Å²) in [5, 5.41) is 9.86. The van der Waals surface area contributed by atoms with Crippen LogP contribution in [-0.4, -0.2) is 4.98 Å². The third-order valence-electron chi connectivity index (χ3n) is 3.14. The van der Waals surface area contributed by atoms with E-state index in [1.165, 1.54) is 0 Å². The van der Waals surface area contributed by atoms with Crippen LogP contribution in [-0.2, 0) is 6.42 Å². The number of aromatic nitrogens is 1. The fourth-order valence-corrected chi connectivity index (χ4v) is 3.13. The van der Waals surface area contributed by atoms with Gasteiger partial charge in [0.2, 0.25) is 0 Å². The number of hydrogen-bond donors (Lipinski definition) is 1. The third-order valence-corrected chi connectivity index (χ3v) is 4.31. The van der Waals surface area contributed by atoms with E-state index in [1.54, 1.807) is 17.4 Å². The van der Waals surface area contributed by atoms with Gasteiger partial charge in [0, 0.05) is 0 Å². The number of fused-ring (bicyclic) bond motifs is 1. The molecule has 5 heteroatoms. The zero-order valence-corrected chi connectivity index (χ0v) is 12.8. The van der Waals surface area contributed by atoms with E-state index in [0.717, 1.165) is 20.8 Å². The largest absolute Gasteiger partial charge is 0.322 e. The quantitative estimate of drug-likeness (QED) is 0.799. The van der Waals surface area contributed by atoms with Crippen molar-refractivity contribution in [3.8, 4) is 6.07 Å². The lowest BCUT2D eigenvalue weighted by Crippen LogP contribution is -2.13. The molecule has 2 N–H and O–H groups in total. The van der Waals surface area contributed by atoms with Crippen LogP contribution in [0, 0.1) is 11.3 Å². The summed E-state index contributed by atoms with van der Waals surface area (Å²) in [7, 11) is 0. The van der Waals surface area contributed by atoms with Gasteiger partial charge < -0.3 is 5.73 Å². The van der Waals surface area contributed by atoms with Gasteiger partial charge in [-0.25, -0.2) is 4.98 Å². The SMILES string of the molecule is Cl.N#Cc1cccc(C[C@@H](N)c2nc3ccccc3s2)c1. The number of hydrogen-bond acceptors (Lipinski definition) is 4. The highest BCUT2D eigenvalue weighted by Crippen LogP contribution is 2.27. The number of nitrogens with two attached hydrogens (primary N) is 1. The summed E-state index contributed by atoms with van der Waals surface area (Å²) in [6, 6.07) is 17.6. The Morgan fingerprint density at radius 3 is 2.76 bits per heavy atom. The first kappa shape index (κ1) is 15.5. The highest BCUT2D eigenvalue weighted by molar-refractivity contribution is 7.18. The Labute approximate surface area is 133 Å². The molecule has 0 spiro atoms. The Morgan fingerprint density at radius 2 is 2.00 bits per heavy atom. The maximum Gasteiger partial charge on any atom is 0.111 e. The predicted molar refractivity (Wildman–Crippen MR) is 88.7 cm³/mol. The highest BCUT2D eigenvalue weighted by Gasteiger charge is 2.12. The number of nitrogens with zero attached hydrogens (tertiary/aromatic N) is 2. The van der Waals surface area contributed by atoms with Crippen LogP contribution >= 0.6 is 23.7 Å². The topological polar surface area (TPSA) is 62.7 Å². The summed E-state index contributed by atoms with van der Waals surface area (Å²) in [5.41, 5.74) is 8.97. The van der Waals surface area contributed by atoms with Gasteiger partial charge in [-0.1, -0.05) is 24.3 Å². The average molecular weight is 316 g/mol. The van der Waals surface area contributed by atoms with E-state index in [9.17, 15) is 0 Å². The molecule has 3 rings (SSSR count). The average Bonchev–Trinajstić information content (AvgIpc) is 2.91. The van der Waals surface area contributed by atoms with Gasteiger partial charge in [0.1, 0.15) is 5.01 Å². The number of para-hydroxylation sites is 1. The number of thiazole rings is 1. The van der Waals surface area contributed by atoms with Crippen molar-refractivity contribution in [1.82, 2.24) is 4.98 Å². The van der Waals surface area contributed by atoms with Crippen LogP contribution in [0.2, 0.25) is 0 Å². The second kappa shape index (κ2) is 6.68. The molecule has 21 heavy (non-hydrogen) atoms. The standard InChI is InChI=1S/C16H13N3S.ClH/c17-10-12-5-3-4-11(8-12)9-13(18)16-19-14-6-1-2-7-15(14)20-16;/h1-8,13H,9,18H2;1H/t13-;/m1./s1. The molecule has 3 nitrogen and oxygen atoms in total. The van der Waals surface area contributed by atoms with Crippen molar-refractivity contribution in [1.29, 1.82) is 5.26 Å². The summed E-state index contributed by atoms with van der Waals surface area (Å²) in [6.07, 6.45) is 0.690. The highest BCUT2D eigenvalue weighted by atomic mass is 35.5. The van der Waals surface area contributed by atoms with Gasteiger partial charge in [-0.15, -0.1) is 23.7 Å². The fourth-order valence-electron chi connectivity index (χ4n) is 2.16. The molecule has 0 saturated heterocycles. The monoisotopic (exact) mass is 315 g/mol. The molecule has 0 aliphatic carbocycles. The summed E-state index contributed by atoms with van der Waals surface area (Å²) in [5.74, 6) is 0. The maximum atomic E-state index is 8.92. The van der Waals surface area contributed by atoms with E-state index in [-0.39, 0.29) is 18.4 Å². The molecule has 106 valence electrons. The van der Waals surface area contributed by atoms with Crippen molar-refractivity contribution in [3.05, 3.63) is 64.7 Å². The molecule has 0 aliphatic rings. The number of nitriles is 1. The first-order valence-electron chi connectivity index (χ1n) is 6.36. The molecule has 0 aliphatic heterocycles. The molecular weight excluding hydrogens is 302 g/mol. The Balaban J connectivity index is 0.00000161. The first-order chi connectivity index (χ1) is 9.76. The molecule has 1 heterocycles. The Hall–Kier alpha value is -1.93. The van der Waals surface area contributed by atoms with E-state index in [1.807, 2.05) is 36.4 Å². The minimum absolute atomic E-state index is 0. The molecule has 0 bridgehead atoms. The van der Waals surface area contributed by atoms with Gasteiger partial charge in [0.25, 0.3) is 0 Å². The van der Waals surface area contributed by atoms with E-state index in [4.69, 9.17) is 11.0 Å². The van der Waals surface area contributed by atoms with Crippen LogP contribution in [0.25, 0.3) is 10.2 Å². The van der Waals surface area contributed by atoms with Crippen LogP contribution in [0.5, 0.6) is 0 Å². The zero-order chi connectivity index (χ0) is 13.9. The summed E-state index contributed by atoms with van der Waals surface area (Å²) >= 11 is 1.63. The number of halogens is 1. The lowest BCUT2D eigenvalue weighted by atomic mass is 10.0. The van der Waals surface area contributed by atoms with Crippen LogP contribution in [0.3, 0.4) is 0 Å². The lowest BCUT2D eigenvalue weighted by molar-refractivity contribution is 0.717. The van der Waals surface area contributed by atoms with Crippen molar-refractivity contribution < 1.29 is 0 Å². The van der Waals surface area contributed by atoms with Gasteiger partial charge in [0.05, 0.1) is 27.9 Å². The minimum atomic E-state index is -0.138. The van der Waals surface area contributed by atoms with Crippen LogP contribution in [0.1, 0.15) is 22.2 Å². The van der Waals surface area contributed by atoms with Crippen LogP contribution in [0.15, 0.2) is 48.5 Å². The van der Waals surface area contributed by atoms with Gasteiger partial charge in [-0.2, -0.15) is 5.26 Å². The fraction of sp³-hybridized carbons (Fsp3) is 0.125. The van der Waals surface area contributed by atoms with E-state index in [2.05, 4.69) is 17.1 Å². The van der Waals surface area contributed by atoms with E-state index < -0.39 is 0 Å². The third kappa shape index (κ3) is 3.40. The van der Waals surface area contributed by atoms with Gasteiger partial charge in [-0.05, 0) is 36.2 Å². The normalized spacial score (nSPS) is 11.6. The molecule has 0 fully saturated rings. The molecule has 0 saturated carbocycles. The molecular formula is C16H14ClN3S. The second-order valence-electron chi connectivity index (χ2n) is 4.64. The van der Waals surface area contributed by atoms with Crippen LogP contribution < -0.4 is 5.73 Å². The lowest BCUT2D eigenvalue weighted by Gasteiger charge is -2.08. The summed E-state index contributed by atoms with van der Waals surface area (Å²) < 4.78 is 1.16. The summed E-state index contributed by atoms with van der Waals surface area (Å²) in [4.78, 5) is 4.58. The Morgan fingerprint density at radius 1 is 1.19 bits per heavy atom. The smallest absolute Gasteiger partial charge is 0.111 e. The first-order valence-corrected chi connectivity index (χ1v) is 7.18. The second-order valence-corrected chi connectivity index (χ2v) is 5.70. The maximum absolute atomic E-state index is 8.92. The van der Waals surface area contributed by atoms with Crippen molar-refractivity contribution >= 4 is 34.0 Å². The molecule has 0 unspecified atom stereocenters. The van der Waals surface area contributed by atoms with Crippen molar-refractivity contribution in [2.75, 3.05) is 0 Å². The van der Waals surface area contributed by atoms with Gasteiger partial charge in [0.15, 0.2) is 0 Å².